The predicted molar refractivity (Wildman–Crippen MR) is 89.5 cm³/mol. The first-order valence-corrected chi connectivity index (χ1v) is 7.45. The second-order valence-electron chi connectivity index (χ2n) is 4.94. The highest BCUT2D eigenvalue weighted by molar-refractivity contribution is 5.90. The van der Waals surface area contributed by atoms with E-state index in [1.165, 1.54) is 6.07 Å². The average Bonchev–Trinajstić information content (AvgIpc) is 2.59. The molecule has 0 aliphatic rings. The van der Waals surface area contributed by atoms with E-state index in [9.17, 15) is 23.2 Å². The molecule has 0 aliphatic heterocycles. The summed E-state index contributed by atoms with van der Waals surface area (Å²) in [6.45, 7) is 1.89. The topological polar surface area (TPSA) is 138 Å². The summed E-state index contributed by atoms with van der Waals surface area (Å²) in [5, 5.41) is 11.4. The van der Waals surface area contributed by atoms with Gasteiger partial charge in [0.1, 0.15) is 6.07 Å². The summed E-state index contributed by atoms with van der Waals surface area (Å²) < 4.78 is 43.2. The standard InChI is InChI=1S/C15H14F3N7O2/c1-2-27-12-10(7-19)11(22-13(20)23-12)24-25-14(26)21-9-5-3-4-8(6-9)15(16,17)18/h3-6H,2H2,1H3,(H2,21,25,26)(H3,20,22,23,24). The Morgan fingerprint density at radius 3 is 2.74 bits per heavy atom. The molecule has 1 aromatic heterocycles. The SMILES string of the molecule is CCOc1nc(N)nc(NNC(=O)Nc2cccc(C(F)(F)F)c2)c1C#N. The third-order valence-corrected chi connectivity index (χ3v) is 3.03. The van der Waals surface area contributed by atoms with E-state index in [0.29, 0.717) is 0 Å². The summed E-state index contributed by atoms with van der Waals surface area (Å²) in [7, 11) is 0. The molecule has 142 valence electrons. The monoisotopic (exact) mass is 381 g/mol. The van der Waals surface area contributed by atoms with Gasteiger partial charge in [0, 0.05) is 5.69 Å². The zero-order valence-corrected chi connectivity index (χ0v) is 13.9. The minimum atomic E-state index is -4.54. The molecular weight excluding hydrogens is 367 g/mol. The van der Waals surface area contributed by atoms with Gasteiger partial charge in [0.25, 0.3) is 0 Å². The number of nitrogens with one attached hydrogen (secondary N) is 3. The minimum Gasteiger partial charge on any atom is -0.477 e. The van der Waals surface area contributed by atoms with Gasteiger partial charge in [0.05, 0.1) is 12.2 Å². The molecule has 2 aromatic rings. The number of alkyl halides is 3. The van der Waals surface area contributed by atoms with Crippen LogP contribution in [0.25, 0.3) is 0 Å². The van der Waals surface area contributed by atoms with Crippen molar-refractivity contribution in [2.24, 2.45) is 0 Å². The van der Waals surface area contributed by atoms with Gasteiger partial charge in [0.2, 0.25) is 11.8 Å². The molecule has 0 atom stereocenters. The third kappa shape index (κ3) is 5.11. The van der Waals surface area contributed by atoms with E-state index < -0.39 is 17.8 Å². The van der Waals surface area contributed by atoms with E-state index >= 15 is 0 Å². The highest BCUT2D eigenvalue weighted by Gasteiger charge is 2.30. The van der Waals surface area contributed by atoms with Gasteiger partial charge in [-0.05, 0) is 25.1 Å². The molecule has 0 unspecified atom stereocenters. The van der Waals surface area contributed by atoms with Crippen molar-refractivity contribution in [2.75, 3.05) is 23.1 Å². The van der Waals surface area contributed by atoms with Crippen molar-refractivity contribution in [1.29, 1.82) is 5.26 Å². The maximum atomic E-state index is 12.7. The first-order chi connectivity index (χ1) is 12.7. The van der Waals surface area contributed by atoms with Crippen LogP contribution < -0.4 is 26.6 Å². The number of rotatable bonds is 5. The van der Waals surface area contributed by atoms with E-state index in [2.05, 4.69) is 26.1 Å². The van der Waals surface area contributed by atoms with Crippen molar-refractivity contribution in [1.82, 2.24) is 15.4 Å². The molecule has 9 nitrogen and oxygen atoms in total. The van der Waals surface area contributed by atoms with Gasteiger partial charge in [-0.15, -0.1) is 0 Å². The van der Waals surface area contributed by atoms with E-state index in [1.807, 2.05) is 6.07 Å². The van der Waals surface area contributed by atoms with Crippen LogP contribution in [-0.4, -0.2) is 22.6 Å². The Bertz CT molecular complexity index is 881. The summed E-state index contributed by atoms with van der Waals surface area (Å²) in [4.78, 5) is 19.4. The number of aromatic nitrogens is 2. The average molecular weight is 381 g/mol. The Morgan fingerprint density at radius 2 is 2.11 bits per heavy atom. The Hall–Kier alpha value is -3.75. The summed E-state index contributed by atoms with van der Waals surface area (Å²) >= 11 is 0. The number of carbonyl (C=O) groups is 1. The van der Waals surface area contributed by atoms with Crippen LogP contribution in [0.2, 0.25) is 0 Å². The van der Waals surface area contributed by atoms with Crippen LogP contribution in [0.1, 0.15) is 18.1 Å². The van der Waals surface area contributed by atoms with Gasteiger partial charge < -0.3 is 15.8 Å². The lowest BCUT2D eigenvalue weighted by Crippen LogP contribution is -2.34. The lowest BCUT2D eigenvalue weighted by atomic mass is 10.2. The number of amides is 2. The molecule has 0 saturated carbocycles. The Labute approximate surface area is 151 Å². The predicted octanol–water partition coefficient (Wildman–Crippen LogP) is 2.50. The number of carbonyl (C=O) groups excluding carboxylic acids is 1. The van der Waals surface area contributed by atoms with Crippen molar-refractivity contribution in [3.05, 3.63) is 35.4 Å². The van der Waals surface area contributed by atoms with Crippen molar-refractivity contribution in [3.8, 4) is 11.9 Å². The number of ether oxygens (including phenoxy) is 1. The van der Waals surface area contributed by atoms with Crippen molar-refractivity contribution in [3.63, 3.8) is 0 Å². The first-order valence-electron chi connectivity index (χ1n) is 7.45. The number of nitrogens with two attached hydrogens (primary N) is 1. The zero-order chi connectivity index (χ0) is 20.0. The maximum absolute atomic E-state index is 12.7. The largest absolute Gasteiger partial charge is 0.477 e. The van der Waals surface area contributed by atoms with Crippen molar-refractivity contribution < 1.29 is 22.7 Å². The Kier molecular flexibility index (Phi) is 5.86. The number of nitriles is 1. The second kappa shape index (κ2) is 8.09. The molecule has 0 saturated heterocycles. The second-order valence-corrected chi connectivity index (χ2v) is 4.94. The molecule has 1 heterocycles. The van der Waals surface area contributed by atoms with Gasteiger partial charge >= 0.3 is 12.2 Å². The molecular formula is C15H14F3N7O2. The fourth-order valence-corrected chi connectivity index (χ4v) is 1.94. The number of benzene rings is 1. The minimum absolute atomic E-state index is 0.0740. The number of anilines is 3. The molecule has 1 aromatic carbocycles. The van der Waals surface area contributed by atoms with Crippen LogP contribution in [0.4, 0.5) is 35.4 Å². The van der Waals surface area contributed by atoms with Gasteiger partial charge in [-0.1, -0.05) is 6.07 Å². The molecule has 0 spiro atoms. The summed E-state index contributed by atoms with van der Waals surface area (Å²) in [5.74, 6) is -0.414. The summed E-state index contributed by atoms with van der Waals surface area (Å²) in [5.41, 5.74) is 8.91. The number of hydrogen-bond acceptors (Lipinski definition) is 7. The molecule has 0 radical (unpaired) electrons. The molecule has 12 heteroatoms. The van der Waals surface area contributed by atoms with Gasteiger partial charge in [0.15, 0.2) is 11.4 Å². The molecule has 0 fully saturated rings. The lowest BCUT2D eigenvalue weighted by Gasteiger charge is -2.13. The van der Waals surface area contributed by atoms with Crippen LogP contribution in [0.3, 0.4) is 0 Å². The number of halogens is 3. The van der Waals surface area contributed by atoms with Crippen LogP contribution in [0.15, 0.2) is 24.3 Å². The maximum Gasteiger partial charge on any atom is 0.416 e. The van der Waals surface area contributed by atoms with Gasteiger partial charge in [-0.3, -0.25) is 5.43 Å². The number of nitrogens with zero attached hydrogens (tertiary/aromatic N) is 3. The smallest absolute Gasteiger partial charge is 0.416 e. The van der Waals surface area contributed by atoms with Crippen LogP contribution >= 0.6 is 0 Å². The lowest BCUT2D eigenvalue weighted by molar-refractivity contribution is -0.137. The van der Waals surface area contributed by atoms with E-state index in [4.69, 9.17) is 10.5 Å². The molecule has 27 heavy (non-hydrogen) atoms. The fourth-order valence-electron chi connectivity index (χ4n) is 1.94. The van der Waals surface area contributed by atoms with Gasteiger partial charge in [-0.2, -0.15) is 28.4 Å². The van der Waals surface area contributed by atoms with E-state index in [-0.39, 0.29) is 35.5 Å². The molecule has 0 bridgehead atoms. The summed E-state index contributed by atoms with van der Waals surface area (Å²) in [6, 6.07) is 5.00. The molecule has 0 aliphatic carbocycles. The molecule has 2 amide bonds. The highest BCUT2D eigenvalue weighted by Crippen LogP contribution is 2.30. The van der Waals surface area contributed by atoms with Crippen molar-refractivity contribution in [2.45, 2.75) is 13.1 Å². The fraction of sp³-hybridized carbons (Fsp3) is 0.200. The first kappa shape index (κ1) is 19.6. The van der Waals surface area contributed by atoms with Gasteiger partial charge in [-0.25, -0.2) is 10.2 Å². The van der Waals surface area contributed by atoms with Crippen LogP contribution in [0.5, 0.6) is 5.88 Å². The third-order valence-electron chi connectivity index (χ3n) is 3.03. The highest BCUT2D eigenvalue weighted by atomic mass is 19.4. The zero-order valence-electron chi connectivity index (χ0n) is 13.9. The number of urea groups is 1. The van der Waals surface area contributed by atoms with Crippen LogP contribution in [-0.2, 0) is 6.18 Å². The Balaban J connectivity index is 2.09. The van der Waals surface area contributed by atoms with E-state index in [1.54, 1.807) is 6.92 Å². The molecule has 2 rings (SSSR count). The number of hydrazine groups is 1. The number of hydrogen-bond donors (Lipinski definition) is 4. The molecule has 5 N–H and O–H groups in total. The Morgan fingerprint density at radius 1 is 1.37 bits per heavy atom. The quantitative estimate of drug-likeness (QED) is 0.584. The summed E-state index contributed by atoms with van der Waals surface area (Å²) in [6.07, 6.45) is -4.54. The van der Waals surface area contributed by atoms with Crippen molar-refractivity contribution >= 4 is 23.5 Å². The van der Waals surface area contributed by atoms with E-state index in [0.717, 1.165) is 18.2 Å². The van der Waals surface area contributed by atoms with Crippen LogP contribution in [0, 0.1) is 11.3 Å². The number of nitrogen functional groups attached to an aromatic ring is 1. The normalized spacial score (nSPS) is 10.6.